The smallest absolute Gasteiger partial charge is 0.387 e. The number of nitrogens with zero attached hydrogens (tertiary/aromatic N) is 2. The van der Waals surface area contributed by atoms with Gasteiger partial charge < -0.3 is 20.0 Å². The molecule has 0 fully saturated rings. The Bertz CT molecular complexity index is 1070. The maximum absolute atomic E-state index is 12.9. The van der Waals surface area contributed by atoms with Crippen molar-refractivity contribution in [1.82, 2.24) is 5.01 Å². The number of halogens is 2. The van der Waals surface area contributed by atoms with E-state index in [4.69, 9.17) is 15.6 Å². The van der Waals surface area contributed by atoms with Crippen molar-refractivity contribution in [2.24, 2.45) is 22.7 Å². The number of methoxy groups -OCH3 is 1. The second kappa shape index (κ2) is 11.4. The van der Waals surface area contributed by atoms with E-state index in [9.17, 15) is 18.4 Å². The Labute approximate surface area is 203 Å². The zero-order chi connectivity index (χ0) is 25.7. The van der Waals surface area contributed by atoms with Crippen molar-refractivity contribution in [1.29, 1.82) is 0 Å². The molecule has 0 spiro atoms. The largest absolute Gasteiger partial charge is 0.493 e. The van der Waals surface area contributed by atoms with Crippen molar-refractivity contribution in [3.8, 4) is 11.5 Å². The average molecular weight is 488 g/mol. The molecular weight excluding hydrogens is 456 g/mol. The standard InChI is InChI=1S/C26H31F2N3O4/c1-5-16-12-20(14-32)31(25(29)18-8-6-17(7-9-18)24(33)15(2)3)30-23(16)19-10-11-21(34-4)22(13-19)35-26(27)28/h6-11,13-16,20,25-26H,5,12,29H2,1-4H3. The van der Waals surface area contributed by atoms with Crippen LogP contribution in [0.1, 0.15) is 61.3 Å². The van der Waals surface area contributed by atoms with Crippen LogP contribution in [0.15, 0.2) is 47.6 Å². The number of nitrogens with two attached hydrogens (primary N) is 1. The molecule has 0 saturated carbocycles. The second-order valence-corrected chi connectivity index (χ2v) is 8.74. The normalized spacial score (nSPS) is 18.9. The molecule has 1 aliphatic heterocycles. The summed E-state index contributed by atoms with van der Waals surface area (Å²) >= 11 is 0. The third-order valence-corrected chi connectivity index (χ3v) is 6.15. The molecule has 0 radical (unpaired) electrons. The number of ketones is 1. The maximum Gasteiger partial charge on any atom is 0.387 e. The predicted molar refractivity (Wildman–Crippen MR) is 129 cm³/mol. The van der Waals surface area contributed by atoms with E-state index < -0.39 is 18.8 Å². The minimum atomic E-state index is -3.01. The fraction of sp³-hybridized carbons (Fsp3) is 0.423. The first kappa shape index (κ1) is 26.3. The van der Waals surface area contributed by atoms with E-state index >= 15 is 0 Å². The van der Waals surface area contributed by atoms with E-state index in [1.165, 1.54) is 18.2 Å². The van der Waals surface area contributed by atoms with Crippen LogP contribution in [0.25, 0.3) is 0 Å². The molecule has 0 amide bonds. The summed E-state index contributed by atoms with van der Waals surface area (Å²) in [5.41, 5.74) is 8.99. The molecule has 9 heteroatoms. The van der Waals surface area contributed by atoms with Crippen molar-refractivity contribution in [2.45, 2.75) is 52.4 Å². The van der Waals surface area contributed by atoms with Crippen molar-refractivity contribution < 1.29 is 27.8 Å². The van der Waals surface area contributed by atoms with Gasteiger partial charge in [-0.3, -0.25) is 9.80 Å². The van der Waals surface area contributed by atoms with Crippen LogP contribution in [0.3, 0.4) is 0 Å². The first-order valence-electron chi connectivity index (χ1n) is 11.5. The molecule has 35 heavy (non-hydrogen) atoms. The topological polar surface area (TPSA) is 94.2 Å². The van der Waals surface area contributed by atoms with Crippen LogP contribution in [-0.2, 0) is 4.79 Å². The lowest BCUT2D eigenvalue weighted by molar-refractivity contribution is -0.114. The first-order chi connectivity index (χ1) is 16.7. The van der Waals surface area contributed by atoms with Crippen LogP contribution >= 0.6 is 0 Å². The summed E-state index contributed by atoms with van der Waals surface area (Å²) in [5, 5.41) is 6.27. The molecule has 3 rings (SSSR count). The SMILES string of the molecule is CCC1CC(C=O)N(C(N)c2ccc(C(=O)C(C)C)cc2)N=C1c1ccc(OC)c(OC(F)F)c1. The zero-order valence-electron chi connectivity index (χ0n) is 20.3. The number of carbonyl (C=O) groups excluding carboxylic acids is 2. The van der Waals surface area contributed by atoms with Gasteiger partial charge in [0.25, 0.3) is 0 Å². The van der Waals surface area contributed by atoms with Gasteiger partial charge in [0.1, 0.15) is 18.5 Å². The van der Waals surface area contributed by atoms with Crippen LogP contribution in [0, 0.1) is 11.8 Å². The summed E-state index contributed by atoms with van der Waals surface area (Å²) in [6.07, 6.45) is 1.22. The predicted octanol–water partition coefficient (Wildman–Crippen LogP) is 4.80. The summed E-state index contributed by atoms with van der Waals surface area (Å²) in [7, 11) is 1.37. The maximum atomic E-state index is 12.9. The molecule has 3 atom stereocenters. The second-order valence-electron chi connectivity index (χ2n) is 8.74. The molecule has 2 N–H and O–H groups in total. The number of hydrogen-bond acceptors (Lipinski definition) is 7. The van der Waals surface area contributed by atoms with E-state index in [0.717, 1.165) is 6.29 Å². The van der Waals surface area contributed by atoms with E-state index in [-0.39, 0.29) is 29.1 Å². The molecule has 1 heterocycles. The number of aldehydes is 1. The molecule has 7 nitrogen and oxygen atoms in total. The summed E-state index contributed by atoms with van der Waals surface area (Å²) in [6, 6.07) is 11.1. The zero-order valence-corrected chi connectivity index (χ0v) is 20.3. The van der Waals surface area contributed by atoms with Crippen LogP contribution < -0.4 is 15.2 Å². The number of Topliss-reactive ketones (excluding diaryl/α,β-unsaturated/α-hetero) is 1. The van der Waals surface area contributed by atoms with Gasteiger partial charge in [-0.15, -0.1) is 0 Å². The molecular formula is C26H31F2N3O4. The molecule has 1 aliphatic rings. The number of rotatable bonds is 10. The van der Waals surface area contributed by atoms with E-state index in [0.29, 0.717) is 35.2 Å². The summed E-state index contributed by atoms with van der Waals surface area (Å²) in [6.45, 7) is 2.63. The highest BCUT2D eigenvalue weighted by atomic mass is 19.3. The lowest BCUT2D eigenvalue weighted by Gasteiger charge is -2.38. The van der Waals surface area contributed by atoms with Gasteiger partial charge in [-0.05, 0) is 36.6 Å². The van der Waals surface area contributed by atoms with E-state index in [1.54, 1.807) is 36.4 Å². The van der Waals surface area contributed by atoms with Gasteiger partial charge in [0.15, 0.2) is 17.3 Å². The monoisotopic (exact) mass is 487 g/mol. The molecule has 3 unspecified atom stereocenters. The Hall–Kier alpha value is -3.33. The minimum Gasteiger partial charge on any atom is -0.493 e. The number of alkyl halides is 2. The highest BCUT2D eigenvalue weighted by Gasteiger charge is 2.34. The van der Waals surface area contributed by atoms with Crippen molar-refractivity contribution in [3.63, 3.8) is 0 Å². The third-order valence-electron chi connectivity index (χ3n) is 6.15. The van der Waals surface area contributed by atoms with Gasteiger partial charge in [0.2, 0.25) is 0 Å². The number of carbonyl (C=O) groups is 2. The molecule has 0 saturated heterocycles. The van der Waals surface area contributed by atoms with Crippen LogP contribution in [0.2, 0.25) is 0 Å². The van der Waals surface area contributed by atoms with Crippen LogP contribution in [-0.4, -0.2) is 42.6 Å². The van der Waals surface area contributed by atoms with Crippen molar-refractivity contribution in [2.75, 3.05) is 7.11 Å². The minimum absolute atomic E-state index is 0.0290. The highest BCUT2D eigenvalue weighted by molar-refractivity contribution is 6.03. The lowest BCUT2D eigenvalue weighted by atomic mass is 9.87. The van der Waals surface area contributed by atoms with Gasteiger partial charge in [-0.25, -0.2) is 0 Å². The summed E-state index contributed by atoms with van der Waals surface area (Å²) < 4.78 is 35.6. The Morgan fingerprint density at radius 3 is 2.43 bits per heavy atom. The summed E-state index contributed by atoms with van der Waals surface area (Å²) in [5.74, 6) is -0.114. The Morgan fingerprint density at radius 2 is 1.89 bits per heavy atom. The van der Waals surface area contributed by atoms with E-state index in [1.807, 2.05) is 20.8 Å². The molecule has 2 aromatic carbocycles. The number of ether oxygens (including phenoxy) is 2. The van der Waals surface area contributed by atoms with Gasteiger partial charge in [-0.1, -0.05) is 45.0 Å². The Morgan fingerprint density at radius 1 is 1.20 bits per heavy atom. The Kier molecular flexibility index (Phi) is 8.56. The third kappa shape index (κ3) is 5.85. The van der Waals surface area contributed by atoms with Gasteiger partial charge >= 0.3 is 6.61 Å². The van der Waals surface area contributed by atoms with Gasteiger partial charge in [-0.2, -0.15) is 13.9 Å². The average Bonchev–Trinajstić information content (AvgIpc) is 2.86. The van der Waals surface area contributed by atoms with Gasteiger partial charge in [0, 0.05) is 23.0 Å². The van der Waals surface area contributed by atoms with E-state index in [2.05, 4.69) is 4.74 Å². The highest BCUT2D eigenvalue weighted by Crippen LogP contribution is 2.35. The van der Waals surface area contributed by atoms with Crippen LogP contribution in [0.4, 0.5) is 8.78 Å². The fourth-order valence-electron chi connectivity index (χ4n) is 4.19. The number of hydrazone groups is 1. The lowest BCUT2D eigenvalue weighted by Crippen LogP contribution is -2.46. The quantitative estimate of drug-likeness (QED) is 0.382. The molecule has 2 aromatic rings. The molecule has 0 aliphatic carbocycles. The Balaban J connectivity index is 2.00. The molecule has 0 bridgehead atoms. The fourth-order valence-corrected chi connectivity index (χ4v) is 4.19. The van der Waals surface area contributed by atoms with Crippen molar-refractivity contribution >= 4 is 17.8 Å². The number of hydrogen-bond donors (Lipinski definition) is 1. The number of benzene rings is 2. The molecule has 188 valence electrons. The first-order valence-corrected chi connectivity index (χ1v) is 11.5. The summed E-state index contributed by atoms with van der Waals surface area (Å²) in [4.78, 5) is 24.2. The van der Waals surface area contributed by atoms with Gasteiger partial charge in [0.05, 0.1) is 12.8 Å². The van der Waals surface area contributed by atoms with Crippen LogP contribution in [0.5, 0.6) is 11.5 Å². The van der Waals surface area contributed by atoms with Crippen molar-refractivity contribution in [3.05, 3.63) is 59.2 Å². The molecule has 0 aromatic heterocycles.